The number of aromatic hydroxyl groups is 2. The van der Waals surface area contributed by atoms with Gasteiger partial charge in [-0.05, 0) is 36.4 Å². The van der Waals surface area contributed by atoms with Gasteiger partial charge in [-0.2, -0.15) is 0 Å². The second kappa shape index (κ2) is 4.92. The Labute approximate surface area is 119 Å². The fourth-order valence-corrected chi connectivity index (χ4v) is 3.52. The molecule has 0 heterocycles. The first kappa shape index (κ1) is 14.0. The normalized spacial score (nSPS) is 11.5. The van der Waals surface area contributed by atoms with Crippen LogP contribution < -0.4 is 0 Å². The Morgan fingerprint density at radius 2 is 1.47 bits per heavy atom. The van der Waals surface area contributed by atoms with Crippen molar-refractivity contribution in [3.8, 4) is 11.5 Å². The molecule has 0 aliphatic heterocycles. The molecule has 0 saturated carbocycles. The summed E-state index contributed by atoms with van der Waals surface area (Å²) in [5, 5.41) is 19.3. The highest BCUT2D eigenvalue weighted by molar-refractivity contribution is 7.91. The maximum atomic E-state index is 12.3. The summed E-state index contributed by atoms with van der Waals surface area (Å²) in [5.74, 6) is -1.33. The molecular formula is C12H8Cl2O4S. The number of benzene rings is 2. The SMILES string of the molecule is O=S(=O)(c1ccc(Cl)cc1)c1c(Cl)ccc(O)c1O. The van der Waals surface area contributed by atoms with Crippen LogP contribution >= 0.6 is 23.2 Å². The third-order valence-corrected chi connectivity index (χ3v) is 4.98. The van der Waals surface area contributed by atoms with E-state index in [1.807, 2.05) is 0 Å². The predicted octanol–water partition coefficient (Wildman–Crippen LogP) is 3.24. The first-order valence-corrected chi connectivity index (χ1v) is 7.29. The van der Waals surface area contributed by atoms with Crippen LogP contribution in [0.1, 0.15) is 0 Å². The summed E-state index contributed by atoms with van der Waals surface area (Å²) in [6.07, 6.45) is 0. The molecule has 2 N–H and O–H groups in total. The Bertz CT molecular complexity index is 724. The molecule has 0 fully saturated rings. The van der Waals surface area contributed by atoms with Gasteiger partial charge < -0.3 is 10.2 Å². The van der Waals surface area contributed by atoms with Crippen molar-refractivity contribution in [3.05, 3.63) is 46.4 Å². The first-order chi connectivity index (χ1) is 8.84. The highest BCUT2D eigenvalue weighted by atomic mass is 35.5. The van der Waals surface area contributed by atoms with E-state index in [1.54, 1.807) is 0 Å². The lowest BCUT2D eigenvalue weighted by Crippen LogP contribution is -2.03. The van der Waals surface area contributed by atoms with Crippen molar-refractivity contribution in [3.63, 3.8) is 0 Å². The molecule has 100 valence electrons. The first-order valence-electron chi connectivity index (χ1n) is 5.05. The Morgan fingerprint density at radius 3 is 2.05 bits per heavy atom. The third kappa shape index (κ3) is 2.49. The number of rotatable bonds is 2. The molecule has 2 rings (SSSR count). The second-order valence-electron chi connectivity index (χ2n) is 3.70. The quantitative estimate of drug-likeness (QED) is 0.833. The molecule has 0 unspecified atom stereocenters. The highest BCUT2D eigenvalue weighted by Gasteiger charge is 2.26. The van der Waals surface area contributed by atoms with E-state index in [-0.39, 0.29) is 9.92 Å². The number of hydrogen-bond acceptors (Lipinski definition) is 4. The van der Waals surface area contributed by atoms with Crippen molar-refractivity contribution in [1.82, 2.24) is 0 Å². The van der Waals surface area contributed by atoms with Gasteiger partial charge in [0, 0.05) is 5.02 Å². The van der Waals surface area contributed by atoms with E-state index in [0.29, 0.717) is 5.02 Å². The minimum atomic E-state index is -4.04. The van der Waals surface area contributed by atoms with Gasteiger partial charge in [-0.15, -0.1) is 0 Å². The minimum absolute atomic E-state index is 0.0836. The fraction of sp³-hybridized carbons (Fsp3) is 0. The maximum absolute atomic E-state index is 12.3. The van der Waals surface area contributed by atoms with Gasteiger partial charge in [-0.3, -0.25) is 0 Å². The van der Waals surface area contributed by atoms with E-state index in [4.69, 9.17) is 23.2 Å². The Balaban J connectivity index is 2.70. The molecule has 0 aliphatic rings. The summed E-state index contributed by atoms with van der Waals surface area (Å²) in [6, 6.07) is 7.69. The largest absolute Gasteiger partial charge is 0.504 e. The number of phenols is 2. The van der Waals surface area contributed by atoms with Gasteiger partial charge in [0.2, 0.25) is 9.84 Å². The lowest BCUT2D eigenvalue weighted by atomic mass is 10.3. The van der Waals surface area contributed by atoms with Crippen molar-refractivity contribution < 1.29 is 18.6 Å². The smallest absolute Gasteiger partial charge is 0.211 e. The zero-order valence-corrected chi connectivity index (χ0v) is 11.7. The molecule has 0 saturated heterocycles. The molecule has 0 amide bonds. The van der Waals surface area contributed by atoms with Crippen LogP contribution in [0.3, 0.4) is 0 Å². The number of phenolic OH excluding ortho intramolecular Hbond substituents is 2. The standard InChI is InChI=1S/C12H8Cl2O4S/c13-7-1-3-8(4-2-7)19(17,18)12-9(14)5-6-10(15)11(12)16/h1-6,15-16H. The van der Waals surface area contributed by atoms with Crippen LogP contribution in [0.15, 0.2) is 46.2 Å². The van der Waals surface area contributed by atoms with Crippen molar-refractivity contribution in [2.45, 2.75) is 9.79 Å². The molecule has 0 aromatic heterocycles. The van der Waals surface area contributed by atoms with E-state index >= 15 is 0 Å². The van der Waals surface area contributed by atoms with Gasteiger partial charge in [-0.25, -0.2) is 8.42 Å². The summed E-state index contributed by atoms with van der Waals surface area (Å²) >= 11 is 11.5. The summed E-state index contributed by atoms with van der Waals surface area (Å²) in [5.41, 5.74) is 0. The zero-order valence-electron chi connectivity index (χ0n) is 9.34. The maximum Gasteiger partial charge on any atom is 0.211 e. The van der Waals surface area contributed by atoms with E-state index in [9.17, 15) is 18.6 Å². The van der Waals surface area contributed by atoms with Crippen LogP contribution in [0.25, 0.3) is 0 Å². The van der Waals surface area contributed by atoms with Gasteiger partial charge >= 0.3 is 0 Å². The Hall–Kier alpha value is -1.43. The molecule has 7 heteroatoms. The van der Waals surface area contributed by atoms with Crippen molar-refractivity contribution in [2.24, 2.45) is 0 Å². The van der Waals surface area contributed by atoms with E-state index in [0.717, 1.165) is 6.07 Å². The number of hydrogen-bond donors (Lipinski definition) is 2. The van der Waals surface area contributed by atoms with Crippen LogP contribution in [0, 0.1) is 0 Å². The third-order valence-electron chi connectivity index (χ3n) is 2.45. The van der Waals surface area contributed by atoms with Crippen LogP contribution in [0.4, 0.5) is 0 Å². The van der Waals surface area contributed by atoms with Crippen molar-refractivity contribution >= 4 is 33.0 Å². The molecule has 0 atom stereocenters. The summed E-state index contributed by atoms with van der Waals surface area (Å²) < 4.78 is 24.7. The fourth-order valence-electron chi connectivity index (χ4n) is 1.52. The van der Waals surface area contributed by atoms with E-state index in [1.165, 1.54) is 30.3 Å². The molecule has 0 aliphatic carbocycles. The average molecular weight is 319 g/mol. The number of halogens is 2. The second-order valence-corrected chi connectivity index (χ2v) is 6.43. The van der Waals surface area contributed by atoms with Crippen molar-refractivity contribution in [1.29, 1.82) is 0 Å². The monoisotopic (exact) mass is 318 g/mol. The van der Waals surface area contributed by atoms with Crippen LogP contribution in [-0.4, -0.2) is 18.6 Å². The van der Waals surface area contributed by atoms with Gasteiger partial charge in [-0.1, -0.05) is 23.2 Å². The molecule has 2 aromatic rings. The zero-order chi connectivity index (χ0) is 14.2. The summed E-state index contributed by atoms with van der Waals surface area (Å²) in [6.45, 7) is 0. The number of sulfone groups is 1. The molecule has 0 spiro atoms. The molecule has 0 bridgehead atoms. The Kier molecular flexibility index (Phi) is 3.62. The van der Waals surface area contributed by atoms with Gasteiger partial charge in [0.1, 0.15) is 4.90 Å². The average Bonchev–Trinajstić information content (AvgIpc) is 2.34. The molecule has 0 radical (unpaired) electrons. The summed E-state index contributed by atoms with van der Waals surface area (Å²) in [4.78, 5) is -0.615. The molecule has 2 aromatic carbocycles. The molecule has 4 nitrogen and oxygen atoms in total. The predicted molar refractivity (Wildman–Crippen MR) is 71.7 cm³/mol. The van der Waals surface area contributed by atoms with Gasteiger partial charge in [0.15, 0.2) is 11.5 Å². The minimum Gasteiger partial charge on any atom is -0.504 e. The van der Waals surface area contributed by atoms with Gasteiger partial charge in [0.05, 0.1) is 9.92 Å². The van der Waals surface area contributed by atoms with E-state index < -0.39 is 26.2 Å². The molecular weight excluding hydrogens is 311 g/mol. The Morgan fingerprint density at radius 1 is 0.895 bits per heavy atom. The molecule has 19 heavy (non-hydrogen) atoms. The van der Waals surface area contributed by atoms with E-state index in [2.05, 4.69) is 0 Å². The van der Waals surface area contributed by atoms with Crippen LogP contribution in [0.2, 0.25) is 10.0 Å². The highest BCUT2D eigenvalue weighted by Crippen LogP contribution is 2.40. The van der Waals surface area contributed by atoms with Crippen LogP contribution in [0.5, 0.6) is 11.5 Å². The van der Waals surface area contributed by atoms with Gasteiger partial charge in [0.25, 0.3) is 0 Å². The van der Waals surface area contributed by atoms with Crippen LogP contribution in [-0.2, 0) is 9.84 Å². The lowest BCUT2D eigenvalue weighted by molar-refractivity contribution is 0.393. The van der Waals surface area contributed by atoms with Crippen molar-refractivity contribution in [2.75, 3.05) is 0 Å². The topological polar surface area (TPSA) is 74.6 Å². The lowest BCUT2D eigenvalue weighted by Gasteiger charge is -2.09. The summed E-state index contributed by atoms with van der Waals surface area (Å²) in [7, 11) is -4.04.